The predicted molar refractivity (Wildman–Crippen MR) is 117 cm³/mol. The van der Waals surface area contributed by atoms with Gasteiger partial charge in [-0.1, -0.05) is 41.4 Å². The number of phenolic OH excluding ortho intramolecular Hbond substituents is 1. The van der Waals surface area contributed by atoms with E-state index in [4.69, 9.17) is 23.2 Å². The summed E-state index contributed by atoms with van der Waals surface area (Å²) in [6.45, 7) is 3.17. The summed E-state index contributed by atoms with van der Waals surface area (Å²) < 4.78 is 0. The van der Waals surface area contributed by atoms with Crippen LogP contribution >= 0.6 is 23.2 Å². The molecule has 162 valence electrons. The third-order valence-electron chi connectivity index (χ3n) is 5.14. The smallest absolute Gasteiger partial charge is 0.339 e. The van der Waals surface area contributed by atoms with Crippen LogP contribution in [0, 0.1) is 13.8 Å². The number of hydrogen-bond acceptors (Lipinski definition) is 5. The number of halogens is 2. The number of aliphatic hydroxyl groups excluding tert-OH is 1. The predicted octanol–water partition coefficient (Wildman–Crippen LogP) is 4.88. The van der Waals surface area contributed by atoms with Gasteiger partial charge in [-0.25, -0.2) is 4.79 Å². The summed E-state index contributed by atoms with van der Waals surface area (Å²) in [6, 6.07) is 10.9. The standard InChI is InChI=1S/C23H20Cl2O6/c1-10-6-12(8-14(20(10)26)22(28)29)18(19-16(24)4-3-5-17(19)25)13-7-11(2)21(27)15(9-13)23(30)31/h3-9,18,22,26-29H,1-2H3,(H,30,31). The van der Waals surface area contributed by atoms with Crippen molar-refractivity contribution >= 4 is 29.2 Å². The molecule has 0 bridgehead atoms. The monoisotopic (exact) mass is 462 g/mol. The summed E-state index contributed by atoms with van der Waals surface area (Å²) in [7, 11) is 0. The molecule has 0 aliphatic heterocycles. The number of hydrogen-bond donors (Lipinski definition) is 5. The van der Waals surface area contributed by atoms with E-state index >= 15 is 0 Å². The molecular weight excluding hydrogens is 443 g/mol. The average Bonchev–Trinajstić information content (AvgIpc) is 2.68. The van der Waals surface area contributed by atoms with E-state index in [0.29, 0.717) is 37.9 Å². The number of carbonyl (C=O) groups is 1. The van der Waals surface area contributed by atoms with Gasteiger partial charge >= 0.3 is 5.97 Å². The quantitative estimate of drug-likeness (QED) is 0.272. The highest BCUT2D eigenvalue weighted by molar-refractivity contribution is 6.36. The number of benzene rings is 3. The topological polar surface area (TPSA) is 118 Å². The van der Waals surface area contributed by atoms with Crippen LogP contribution in [0.5, 0.6) is 11.5 Å². The molecule has 0 amide bonds. The van der Waals surface area contributed by atoms with E-state index in [1.807, 2.05) is 0 Å². The number of rotatable bonds is 5. The van der Waals surface area contributed by atoms with Crippen molar-refractivity contribution in [3.63, 3.8) is 0 Å². The summed E-state index contributed by atoms with van der Waals surface area (Å²) in [5.41, 5.74) is 1.73. The molecule has 0 spiro atoms. The van der Waals surface area contributed by atoms with Gasteiger partial charge in [-0.05, 0) is 60.4 Å². The Morgan fingerprint density at radius 2 is 1.39 bits per heavy atom. The number of phenols is 2. The first kappa shape index (κ1) is 22.9. The van der Waals surface area contributed by atoms with E-state index in [-0.39, 0.29) is 22.6 Å². The van der Waals surface area contributed by atoms with Crippen LogP contribution < -0.4 is 0 Å². The van der Waals surface area contributed by atoms with Crippen LogP contribution in [0.15, 0.2) is 42.5 Å². The van der Waals surface area contributed by atoms with Crippen molar-refractivity contribution in [1.29, 1.82) is 0 Å². The van der Waals surface area contributed by atoms with Crippen molar-refractivity contribution in [3.05, 3.63) is 91.5 Å². The maximum absolute atomic E-state index is 11.7. The summed E-state index contributed by atoms with van der Waals surface area (Å²) in [4.78, 5) is 11.7. The van der Waals surface area contributed by atoms with Gasteiger partial charge in [-0.3, -0.25) is 0 Å². The number of carboxylic acids is 1. The van der Waals surface area contributed by atoms with Gasteiger partial charge < -0.3 is 25.5 Å². The van der Waals surface area contributed by atoms with Crippen molar-refractivity contribution in [2.24, 2.45) is 0 Å². The van der Waals surface area contributed by atoms with Crippen molar-refractivity contribution in [2.45, 2.75) is 26.1 Å². The van der Waals surface area contributed by atoms with Crippen LogP contribution in [0.4, 0.5) is 0 Å². The van der Waals surface area contributed by atoms with Crippen molar-refractivity contribution in [1.82, 2.24) is 0 Å². The van der Waals surface area contributed by atoms with Gasteiger partial charge in [0, 0.05) is 27.1 Å². The highest BCUT2D eigenvalue weighted by Crippen LogP contribution is 2.43. The minimum absolute atomic E-state index is 0.114. The van der Waals surface area contributed by atoms with Crippen LogP contribution in [0.3, 0.4) is 0 Å². The van der Waals surface area contributed by atoms with Crippen molar-refractivity contribution < 1.29 is 30.3 Å². The first-order valence-corrected chi connectivity index (χ1v) is 9.98. The number of aromatic hydroxyl groups is 2. The zero-order valence-corrected chi connectivity index (χ0v) is 18.1. The fraction of sp³-hybridized carbons (Fsp3) is 0.174. The molecule has 31 heavy (non-hydrogen) atoms. The largest absolute Gasteiger partial charge is 0.507 e. The molecule has 0 saturated heterocycles. The maximum atomic E-state index is 11.7. The Morgan fingerprint density at radius 1 is 0.871 bits per heavy atom. The van der Waals surface area contributed by atoms with Crippen LogP contribution in [0.1, 0.15) is 55.9 Å². The zero-order valence-electron chi connectivity index (χ0n) is 16.6. The molecule has 3 aromatic rings. The third kappa shape index (κ3) is 4.34. The normalized spacial score (nSPS) is 12.2. The first-order valence-electron chi connectivity index (χ1n) is 9.23. The molecule has 3 aromatic carbocycles. The second kappa shape index (κ2) is 8.77. The zero-order chi connectivity index (χ0) is 23.0. The van der Waals surface area contributed by atoms with E-state index in [1.165, 1.54) is 12.1 Å². The Hall–Kier alpha value is -2.77. The molecule has 0 aliphatic carbocycles. The van der Waals surface area contributed by atoms with E-state index < -0.39 is 18.2 Å². The Bertz CT molecular complexity index is 1150. The Kier molecular flexibility index (Phi) is 6.48. The molecule has 0 aromatic heterocycles. The summed E-state index contributed by atoms with van der Waals surface area (Å²) in [5.74, 6) is -2.65. The van der Waals surface area contributed by atoms with Crippen LogP contribution in [0.2, 0.25) is 10.0 Å². The molecule has 1 atom stereocenters. The SMILES string of the molecule is Cc1cc(C(c2cc(C)c(O)c(C(O)O)c2)c2c(Cl)cccc2Cl)cc(C(=O)O)c1O. The second-order valence-corrected chi connectivity index (χ2v) is 8.07. The molecule has 5 N–H and O–H groups in total. The summed E-state index contributed by atoms with van der Waals surface area (Å²) in [6.07, 6.45) is -1.93. The molecule has 0 radical (unpaired) electrons. The second-order valence-electron chi connectivity index (χ2n) is 7.26. The maximum Gasteiger partial charge on any atom is 0.339 e. The highest BCUT2D eigenvalue weighted by Gasteiger charge is 2.27. The number of aryl methyl sites for hydroxylation is 2. The number of carboxylic acid groups (broad SMARTS) is 1. The summed E-state index contributed by atoms with van der Waals surface area (Å²) >= 11 is 12.9. The minimum atomic E-state index is -1.93. The Balaban J connectivity index is 2.40. The van der Waals surface area contributed by atoms with Gasteiger partial charge in [-0.15, -0.1) is 0 Å². The van der Waals surface area contributed by atoms with Gasteiger partial charge in [0.15, 0.2) is 6.29 Å². The molecule has 6 nitrogen and oxygen atoms in total. The van der Waals surface area contributed by atoms with Gasteiger partial charge in [0.25, 0.3) is 0 Å². The molecule has 3 rings (SSSR count). The van der Waals surface area contributed by atoms with E-state index in [9.17, 15) is 30.3 Å². The van der Waals surface area contributed by atoms with Crippen molar-refractivity contribution in [3.8, 4) is 11.5 Å². The fourth-order valence-electron chi connectivity index (χ4n) is 3.65. The Labute approximate surface area is 188 Å². The number of aliphatic hydroxyl groups is 2. The molecule has 1 unspecified atom stereocenters. The molecule has 8 heteroatoms. The molecule has 0 saturated carbocycles. The van der Waals surface area contributed by atoms with Gasteiger partial charge in [-0.2, -0.15) is 0 Å². The molecular formula is C23H20Cl2O6. The summed E-state index contributed by atoms with van der Waals surface area (Å²) in [5, 5.41) is 50.0. The van der Waals surface area contributed by atoms with Crippen LogP contribution in [0.25, 0.3) is 0 Å². The van der Waals surface area contributed by atoms with Crippen LogP contribution in [-0.2, 0) is 0 Å². The Morgan fingerprint density at radius 3 is 1.90 bits per heavy atom. The lowest BCUT2D eigenvalue weighted by Crippen LogP contribution is -2.10. The van der Waals surface area contributed by atoms with Gasteiger partial charge in [0.05, 0.1) is 0 Å². The van der Waals surface area contributed by atoms with Crippen LogP contribution in [-0.4, -0.2) is 31.5 Å². The molecule has 0 heterocycles. The van der Waals surface area contributed by atoms with E-state index in [1.54, 1.807) is 44.2 Å². The highest BCUT2D eigenvalue weighted by atomic mass is 35.5. The lowest BCUT2D eigenvalue weighted by Gasteiger charge is -2.24. The fourth-order valence-corrected chi connectivity index (χ4v) is 4.26. The lowest BCUT2D eigenvalue weighted by molar-refractivity contribution is -0.0440. The van der Waals surface area contributed by atoms with E-state index in [0.717, 1.165) is 0 Å². The van der Waals surface area contributed by atoms with Gasteiger partial charge in [0.2, 0.25) is 0 Å². The van der Waals surface area contributed by atoms with Gasteiger partial charge in [0.1, 0.15) is 17.1 Å². The number of aromatic carboxylic acids is 1. The lowest BCUT2D eigenvalue weighted by atomic mass is 9.82. The molecule has 0 fully saturated rings. The first-order chi connectivity index (χ1) is 14.5. The average molecular weight is 463 g/mol. The van der Waals surface area contributed by atoms with E-state index in [2.05, 4.69) is 0 Å². The molecule has 0 aliphatic rings. The third-order valence-corrected chi connectivity index (χ3v) is 5.80. The minimum Gasteiger partial charge on any atom is -0.507 e. The van der Waals surface area contributed by atoms with Crippen molar-refractivity contribution in [2.75, 3.05) is 0 Å².